The standard InChI is InChI=1S/C22H16N2O4/c1-13-7-8-15(18-6-4-3-5-17(13)18)12-19-22(25)28-21(23-19)16-9-10-20(24(26)27)14(2)11-16/h3-12H,1-2H3/b19-12-. The molecule has 1 heterocycles. The molecule has 0 amide bonds. The van der Waals surface area contributed by atoms with Crippen molar-refractivity contribution in [2.75, 3.05) is 0 Å². The second-order valence-electron chi connectivity index (χ2n) is 6.61. The first-order valence-electron chi connectivity index (χ1n) is 8.70. The number of hydrogen-bond acceptors (Lipinski definition) is 5. The average Bonchev–Trinajstić information content (AvgIpc) is 3.04. The lowest BCUT2D eigenvalue weighted by Crippen LogP contribution is -2.06. The number of carbonyl (C=O) groups excluding carboxylic acids is 1. The van der Waals surface area contributed by atoms with Crippen LogP contribution in [0, 0.1) is 24.0 Å². The summed E-state index contributed by atoms with van der Waals surface area (Å²) in [4.78, 5) is 27.2. The summed E-state index contributed by atoms with van der Waals surface area (Å²) in [6, 6.07) is 16.4. The van der Waals surface area contributed by atoms with E-state index in [9.17, 15) is 14.9 Å². The number of aliphatic imine (C=N–C) groups is 1. The molecular formula is C22H16N2O4. The van der Waals surface area contributed by atoms with Crippen LogP contribution in [0.1, 0.15) is 22.3 Å². The molecular weight excluding hydrogens is 356 g/mol. The molecule has 1 aliphatic rings. The fraction of sp³-hybridized carbons (Fsp3) is 0.0909. The Kier molecular flexibility index (Phi) is 4.24. The quantitative estimate of drug-likeness (QED) is 0.289. The summed E-state index contributed by atoms with van der Waals surface area (Å²) in [6.07, 6.45) is 1.70. The summed E-state index contributed by atoms with van der Waals surface area (Å²) in [5.41, 5.74) is 3.22. The maximum atomic E-state index is 12.3. The molecule has 3 aromatic carbocycles. The molecule has 0 fully saturated rings. The van der Waals surface area contributed by atoms with Gasteiger partial charge in [-0.25, -0.2) is 9.79 Å². The summed E-state index contributed by atoms with van der Waals surface area (Å²) >= 11 is 0. The van der Waals surface area contributed by atoms with Gasteiger partial charge >= 0.3 is 5.97 Å². The zero-order chi connectivity index (χ0) is 19.8. The van der Waals surface area contributed by atoms with Gasteiger partial charge in [0.2, 0.25) is 5.90 Å². The minimum atomic E-state index is -0.546. The number of carbonyl (C=O) groups is 1. The topological polar surface area (TPSA) is 81.8 Å². The molecule has 0 radical (unpaired) electrons. The molecule has 6 heteroatoms. The van der Waals surface area contributed by atoms with Crippen molar-refractivity contribution in [3.8, 4) is 0 Å². The van der Waals surface area contributed by atoms with Crippen molar-refractivity contribution in [1.82, 2.24) is 0 Å². The Balaban J connectivity index is 1.75. The van der Waals surface area contributed by atoms with Crippen molar-refractivity contribution < 1.29 is 14.5 Å². The van der Waals surface area contributed by atoms with Crippen LogP contribution in [0.25, 0.3) is 16.8 Å². The molecule has 0 saturated heterocycles. The van der Waals surface area contributed by atoms with Gasteiger partial charge in [0, 0.05) is 17.2 Å². The van der Waals surface area contributed by atoms with E-state index in [2.05, 4.69) is 4.99 Å². The maximum absolute atomic E-state index is 12.3. The lowest BCUT2D eigenvalue weighted by Gasteiger charge is -2.05. The van der Waals surface area contributed by atoms with E-state index in [-0.39, 0.29) is 17.3 Å². The highest BCUT2D eigenvalue weighted by Crippen LogP contribution is 2.27. The normalized spacial score (nSPS) is 15.0. The van der Waals surface area contributed by atoms with Crippen molar-refractivity contribution >= 4 is 34.4 Å². The molecule has 0 unspecified atom stereocenters. The summed E-state index contributed by atoms with van der Waals surface area (Å²) in [6.45, 7) is 3.67. The molecule has 0 atom stereocenters. The summed E-state index contributed by atoms with van der Waals surface area (Å²) in [5.74, 6) is -0.402. The van der Waals surface area contributed by atoms with Gasteiger partial charge in [-0.1, -0.05) is 36.4 Å². The highest BCUT2D eigenvalue weighted by molar-refractivity contribution is 6.13. The lowest BCUT2D eigenvalue weighted by molar-refractivity contribution is -0.385. The van der Waals surface area contributed by atoms with Gasteiger partial charge in [-0.3, -0.25) is 10.1 Å². The highest BCUT2D eigenvalue weighted by Gasteiger charge is 2.25. The molecule has 0 saturated carbocycles. The number of fused-ring (bicyclic) bond motifs is 1. The van der Waals surface area contributed by atoms with E-state index >= 15 is 0 Å². The Bertz CT molecular complexity index is 1210. The van der Waals surface area contributed by atoms with Gasteiger partial charge in [0.15, 0.2) is 5.70 Å². The molecule has 138 valence electrons. The van der Waals surface area contributed by atoms with E-state index in [0.717, 1.165) is 21.9 Å². The van der Waals surface area contributed by atoms with Gasteiger partial charge in [-0.05, 0) is 54.0 Å². The molecule has 0 N–H and O–H groups in total. The molecule has 0 aromatic heterocycles. The number of nitrogens with zero attached hydrogens (tertiary/aromatic N) is 2. The van der Waals surface area contributed by atoms with Crippen molar-refractivity contribution in [3.63, 3.8) is 0 Å². The van der Waals surface area contributed by atoms with E-state index in [1.807, 2.05) is 43.3 Å². The third kappa shape index (κ3) is 3.05. The van der Waals surface area contributed by atoms with Crippen LogP contribution in [0.5, 0.6) is 0 Å². The average molecular weight is 372 g/mol. The van der Waals surface area contributed by atoms with Crippen LogP contribution in [0.15, 0.2) is 65.3 Å². The van der Waals surface area contributed by atoms with Crippen molar-refractivity contribution in [3.05, 3.63) is 92.7 Å². The van der Waals surface area contributed by atoms with E-state index in [1.165, 1.54) is 12.1 Å². The SMILES string of the molecule is Cc1cc(C2=N/C(=C\c3ccc(C)c4ccccc34)C(=O)O2)ccc1[N+](=O)[O-]. The van der Waals surface area contributed by atoms with Crippen molar-refractivity contribution in [2.24, 2.45) is 4.99 Å². The van der Waals surface area contributed by atoms with Crippen LogP contribution in [0.4, 0.5) is 5.69 Å². The van der Waals surface area contributed by atoms with Crippen LogP contribution in [-0.4, -0.2) is 16.8 Å². The van der Waals surface area contributed by atoms with Gasteiger partial charge in [0.25, 0.3) is 5.69 Å². The number of nitro groups is 1. The monoisotopic (exact) mass is 372 g/mol. The molecule has 4 rings (SSSR count). The predicted molar refractivity (Wildman–Crippen MR) is 107 cm³/mol. The van der Waals surface area contributed by atoms with Gasteiger partial charge in [0.05, 0.1) is 4.92 Å². The number of esters is 1. The predicted octanol–water partition coefficient (Wildman–Crippen LogP) is 4.71. The van der Waals surface area contributed by atoms with Gasteiger partial charge in [0.1, 0.15) is 0 Å². The Labute approximate surface area is 160 Å². The molecule has 0 bridgehead atoms. The van der Waals surface area contributed by atoms with E-state index < -0.39 is 10.9 Å². The second kappa shape index (κ2) is 6.74. The van der Waals surface area contributed by atoms with Gasteiger partial charge in [-0.2, -0.15) is 0 Å². The first-order chi connectivity index (χ1) is 13.4. The zero-order valence-corrected chi connectivity index (χ0v) is 15.3. The Morgan fingerprint density at radius 2 is 1.75 bits per heavy atom. The largest absolute Gasteiger partial charge is 0.402 e. The number of nitro benzene ring substituents is 1. The third-order valence-corrected chi connectivity index (χ3v) is 4.73. The fourth-order valence-electron chi connectivity index (χ4n) is 3.27. The number of benzene rings is 3. The van der Waals surface area contributed by atoms with E-state index in [0.29, 0.717) is 11.1 Å². The Morgan fingerprint density at radius 1 is 1.00 bits per heavy atom. The van der Waals surface area contributed by atoms with Crippen LogP contribution >= 0.6 is 0 Å². The third-order valence-electron chi connectivity index (χ3n) is 4.73. The molecule has 0 spiro atoms. The van der Waals surface area contributed by atoms with Crippen molar-refractivity contribution in [1.29, 1.82) is 0 Å². The van der Waals surface area contributed by atoms with Gasteiger partial charge in [-0.15, -0.1) is 0 Å². The van der Waals surface area contributed by atoms with Crippen LogP contribution < -0.4 is 0 Å². The lowest BCUT2D eigenvalue weighted by atomic mass is 10.00. The highest BCUT2D eigenvalue weighted by atomic mass is 16.6. The zero-order valence-electron chi connectivity index (χ0n) is 15.3. The maximum Gasteiger partial charge on any atom is 0.363 e. The van der Waals surface area contributed by atoms with Gasteiger partial charge < -0.3 is 4.74 Å². The number of hydrogen-bond donors (Lipinski definition) is 0. The van der Waals surface area contributed by atoms with Crippen LogP contribution in [0.2, 0.25) is 0 Å². The number of aryl methyl sites for hydroxylation is 2. The summed E-state index contributed by atoms with van der Waals surface area (Å²) < 4.78 is 5.30. The summed E-state index contributed by atoms with van der Waals surface area (Å²) in [5, 5.41) is 13.1. The minimum absolute atomic E-state index is 0.00978. The van der Waals surface area contributed by atoms with E-state index in [1.54, 1.807) is 19.1 Å². The van der Waals surface area contributed by atoms with Crippen molar-refractivity contribution in [2.45, 2.75) is 13.8 Å². The van der Waals surface area contributed by atoms with Crippen LogP contribution in [-0.2, 0) is 9.53 Å². The molecule has 6 nitrogen and oxygen atoms in total. The first kappa shape index (κ1) is 17.6. The fourth-order valence-corrected chi connectivity index (χ4v) is 3.27. The smallest absolute Gasteiger partial charge is 0.363 e. The molecule has 28 heavy (non-hydrogen) atoms. The Morgan fingerprint density at radius 3 is 2.46 bits per heavy atom. The number of ether oxygens (including phenoxy) is 1. The van der Waals surface area contributed by atoms with Crippen LogP contribution in [0.3, 0.4) is 0 Å². The number of rotatable bonds is 3. The Hall–Kier alpha value is -3.80. The minimum Gasteiger partial charge on any atom is -0.402 e. The van der Waals surface area contributed by atoms with E-state index in [4.69, 9.17) is 4.74 Å². The first-order valence-corrected chi connectivity index (χ1v) is 8.70. The molecule has 3 aromatic rings. The summed E-state index contributed by atoms with van der Waals surface area (Å²) in [7, 11) is 0. The molecule has 0 aliphatic carbocycles. The second-order valence-corrected chi connectivity index (χ2v) is 6.61. The molecule has 1 aliphatic heterocycles. The number of cyclic esters (lactones) is 1.